The SMILES string of the molecule is O=c1c(O[C@H]2C[C@H](CO)[C@H](O)[C@@H](O)[C@H]2O)c(-c2ccc(O[C@H]3O[C@H](CO)[C@H](O)[C@@H](O)[C@H]3O)cc2)oc2cc(O[C@H]3O[C@@H](CO)[C@@H](O)[C@H](O)[C@H]3O)cc(O)c12. The molecular formula is C34H42O20. The first-order valence-electron chi connectivity index (χ1n) is 16.9. The number of benzene rings is 2. The Morgan fingerprint density at radius 3 is 1.69 bits per heavy atom. The van der Waals surface area contributed by atoms with Gasteiger partial charge in [-0.15, -0.1) is 0 Å². The lowest BCUT2D eigenvalue weighted by Gasteiger charge is -2.39. The Labute approximate surface area is 304 Å². The third-order valence-corrected chi connectivity index (χ3v) is 9.83. The van der Waals surface area contributed by atoms with Crippen LogP contribution in [0.3, 0.4) is 0 Å². The van der Waals surface area contributed by atoms with Crippen LogP contribution in [-0.4, -0.2) is 172 Å². The summed E-state index contributed by atoms with van der Waals surface area (Å²) >= 11 is 0. The van der Waals surface area contributed by atoms with Gasteiger partial charge in [0.2, 0.25) is 23.8 Å². The monoisotopic (exact) mass is 770 g/mol. The molecule has 3 aromatic rings. The Hall–Kier alpha value is -3.71. The number of aliphatic hydroxyl groups is 12. The highest BCUT2D eigenvalue weighted by atomic mass is 16.7. The molecule has 298 valence electrons. The predicted octanol–water partition coefficient (Wildman–Crippen LogP) is -4.63. The lowest BCUT2D eigenvalue weighted by molar-refractivity contribution is -0.277. The summed E-state index contributed by atoms with van der Waals surface area (Å²) in [6.45, 7) is -2.03. The van der Waals surface area contributed by atoms with E-state index in [9.17, 15) is 71.2 Å². The van der Waals surface area contributed by atoms with Gasteiger partial charge >= 0.3 is 0 Å². The van der Waals surface area contributed by atoms with Crippen LogP contribution in [0.25, 0.3) is 22.3 Å². The van der Waals surface area contributed by atoms with Gasteiger partial charge in [0.05, 0.1) is 19.3 Å². The molecule has 6 rings (SSSR count). The van der Waals surface area contributed by atoms with E-state index in [-0.39, 0.29) is 34.8 Å². The van der Waals surface area contributed by atoms with Crippen LogP contribution in [0.4, 0.5) is 0 Å². The highest BCUT2D eigenvalue weighted by Gasteiger charge is 2.47. The number of hydrogen-bond acceptors (Lipinski definition) is 20. The second-order valence-electron chi connectivity index (χ2n) is 13.4. The molecule has 1 aromatic heterocycles. The van der Waals surface area contributed by atoms with Crippen LogP contribution >= 0.6 is 0 Å². The molecule has 3 heterocycles. The van der Waals surface area contributed by atoms with E-state index in [0.29, 0.717) is 0 Å². The van der Waals surface area contributed by atoms with Crippen LogP contribution in [0.15, 0.2) is 45.6 Å². The van der Waals surface area contributed by atoms with Gasteiger partial charge in [0.1, 0.15) is 95.4 Å². The maximum Gasteiger partial charge on any atom is 0.239 e. The third kappa shape index (κ3) is 7.46. The molecule has 2 aromatic carbocycles. The number of hydrogen-bond donors (Lipinski definition) is 13. The van der Waals surface area contributed by atoms with Crippen molar-refractivity contribution in [3.05, 3.63) is 46.6 Å². The van der Waals surface area contributed by atoms with Crippen molar-refractivity contribution in [3.8, 4) is 34.3 Å². The van der Waals surface area contributed by atoms with Crippen LogP contribution in [-0.2, 0) is 9.47 Å². The summed E-state index contributed by atoms with van der Waals surface area (Å²) in [5, 5.41) is 132. The molecule has 1 saturated carbocycles. The van der Waals surface area contributed by atoms with Crippen molar-refractivity contribution >= 4 is 11.0 Å². The van der Waals surface area contributed by atoms with Crippen LogP contribution in [0, 0.1) is 5.92 Å². The van der Waals surface area contributed by atoms with Crippen molar-refractivity contribution in [3.63, 3.8) is 0 Å². The molecule has 1 aliphatic carbocycles. The smallest absolute Gasteiger partial charge is 0.239 e. The number of rotatable bonds is 10. The number of ether oxygens (including phenoxy) is 5. The van der Waals surface area contributed by atoms with E-state index >= 15 is 0 Å². The zero-order valence-electron chi connectivity index (χ0n) is 28.1. The van der Waals surface area contributed by atoms with Gasteiger partial charge in [0, 0.05) is 30.2 Å². The molecule has 54 heavy (non-hydrogen) atoms. The van der Waals surface area contributed by atoms with Gasteiger partial charge in [-0.2, -0.15) is 0 Å². The maximum atomic E-state index is 14.1. The van der Waals surface area contributed by atoms with Gasteiger partial charge in [0.25, 0.3) is 0 Å². The number of fused-ring (bicyclic) bond motifs is 1. The summed E-state index contributed by atoms with van der Waals surface area (Å²) in [7, 11) is 0. The largest absolute Gasteiger partial charge is 0.507 e. The summed E-state index contributed by atoms with van der Waals surface area (Å²) in [4.78, 5) is 14.1. The normalized spacial score (nSPS) is 37.2. The summed E-state index contributed by atoms with van der Waals surface area (Å²) in [5.41, 5.74) is -1.20. The molecule has 20 nitrogen and oxygen atoms in total. The van der Waals surface area contributed by atoms with E-state index in [1.165, 1.54) is 24.3 Å². The molecular weight excluding hydrogens is 728 g/mol. The first-order chi connectivity index (χ1) is 25.7. The number of aliphatic hydroxyl groups excluding tert-OH is 12. The number of phenolic OH excluding ortho intramolecular Hbond substituents is 1. The van der Waals surface area contributed by atoms with E-state index in [0.717, 1.165) is 12.1 Å². The minimum absolute atomic E-state index is 0.0344. The van der Waals surface area contributed by atoms with Gasteiger partial charge < -0.3 is 94.5 Å². The first-order valence-corrected chi connectivity index (χ1v) is 16.9. The highest BCUT2D eigenvalue weighted by Crippen LogP contribution is 2.39. The molecule has 3 fully saturated rings. The minimum atomic E-state index is -1.82. The van der Waals surface area contributed by atoms with Gasteiger partial charge in [-0.3, -0.25) is 4.79 Å². The van der Waals surface area contributed by atoms with Gasteiger partial charge in [0.15, 0.2) is 5.76 Å². The fourth-order valence-electron chi connectivity index (χ4n) is 6.64. The fourth-order valence-corrected chi connectivity index (χ4v) is 6.64. The van der Waals surface area contributed by atoms with E-state index in [1.54, 1.807) is 0 Å². The lowest BCUT2D eigenvalue weighted by atomic mass is 9.81. The van der Waals surface area contributed by atoms with Crippen LogP contribution in [0.1, 0.15) is 6.42 Å². The summed E-state index contributed by atoms with van der Waals surface area (Å²) < 4.78 is 34.0. The van der Waals surface area contributed by atoms with Crippen LogP contribution < -0.4 is 19.6 Å². The van der Waals surface area contributed by atoms with Crippen LogP contribution in [0.5, 0.6) is 23.0 Å². The molecule has 0 spiro atoms. The van der Waals surface area contributed by atoms with Gasteiger partial charge in [-0.25, -0.2) is 0 Å². The van der Waals surface area contributed by atoms with Crippen LogP contribution in [0.2, 0.25) is 0 Å². The summed E-state index contributed by atoms with van der Waals surface area (Å²) in [6.07, 6.45) is -22.7. The van der Waals surface area contributed by atoms with Crippen molar-refractivity contribution in [2.24, 2.45) is 5.92 Å². The van der Waals surface area contributed by atoms with Gasteiger partial charge in [-0.05, 0) is 30.7 Å². The Kier molecular flexibility index (Phi) is 12.0. The molecule has 0 unspecified atom stereocenters. The number of aromatic hydroxyl groups is 1. The van der Waals surface area contributed by atoms with E-state index < -0.39 is 134 Å². The highest BCUT2D eigenvalue weighted by molar-refractivity contribution is 5.88. The van der Waals surface area contributed by atoms with Crippen molar-refractivity contribution in [1.29, 1.82) is 0 Å². The van der Waals surface area contributed by atoms with Gasteiger partial charge in [-0.1, -0.05) is 0 Å². The average molecular weight is 771 g/mol. The lowest BCUT2D eigenvalue weighted by Crippen LogP contribution is -2.60. The average Bonchev–Trinajstić information content (AvgIpc) is 3.16. The van der Waals surface area contributed by atoms with Crippen molar-refractivity contribution in [2.75, 3.05) is 19.8 Å². The molecule has 0 radical (unpaired) electrons. The van der Waals surface area contributed by atoms with Crippen molar-refractivity contribution < 1.29 is 94.5 Å². The summed E-state index contributed by atoms with van der Waals surface area (Å²) in [6, 6.07) is 7.45. The Bertz CT molecular complexity index is 1800. The molecule has 0 amide bonds. The van der Waals surface area contributed by atoms with E-state index in [4.69, 9.17) is 28.1 Å². The molecule has 3 aliphatic rings. The Balaban J connectivity index is 1.38. The zero-order chi connectivity index (χ0) is 39.2. The van der Waals surface area contributed by atoms with E-state index in [1.807, 2.05) is 0 Å². The minimum Gasteiger partial charge on any atom is -0.507 e. The molecule has 2 saturated heterocycles. The molecule has 15 atom stereocenters. The summed E-state index contributed by atoms with van der Waals surface area (Å²) in [5.74, 6) is -2.81. The molecule has 13 N–H and O–H groups in total. The van der Waals surface area contributed by atoms with E-state index in [2.05, 4.69) is 0 Å². The fraction of sp³-hybridized carbons (Fsp3) is 0.559. The Morgan fingerprint density at radius 1 is 0.611 bits per heavy atom. The zero-order valence-corrected chi connectivity index (χ0v) is 28.1. The molecule has 20 heteroatoms. The quantitative estimate of drug-likeness (QED) is 0.0922. The number of phenols is 1. The Morgan fingerprint density at radius 2 is 1.15 bits per heavy atom. The first kappa shape index (κ1) is 40.0. The second kappa shape index (κ2) is 16.2. The molecule has 0 bridgehead atoms. The second-order valence-corrected chi connectivity index (χ2v) is 13.4. The topological polar surface area (TPSA) is 339 Å². The molecule has 2 aliphatic heterocycles. The van der Waals surface area contributed by atoms with Crippen molar-refractivity contribution in [1.82, 2.24) is 0 Å². The standard InChI is InChI=1S/C34H42O20/c35-8-12-5-17(22(40)26(44)21(12)39)52-32-25(43)20-15(38)6-14(50-34-30(48)28(46)24(42)19(10-37)54-34)7-16(20)51-31(32)11-1-3-13(4-2-11)49-33-29(47)27(45)23(41)18(9-36)53-33/h1-4,6-7,12,17-19,21-24,26-30,33-42,44-48H,5,8-10H2/t12-,17+,18-,19+,21+,22+,23+,24-,26-,27-,28+,29-,30-,33+,34+/m1/s1. The maximum absolute atomic E-state index is 14.1. The van der Waals surface area contributed by atoms with Crippen molar-refractivity contribution in [2.45, 2.75) is 92.2 Å². The predicted molar refractivity (Wildman–Crippen MR) is 176 cm³/mol. The third-order valence-electron chi connectivity index (χ3n) is 9.83.